The summed E-state index contributed by atoms with van der Waals surface area (Å²) < 4.78 is 0. The van der Waals surface area contributed by atoms with Crippen LogP contribution in [0.1, 0.15) is 19.4 Å². The van der Waals surface area contributed by atoms with Crippen molar-refractivity contribution in [1.29, 1.82) is 0 Å². The third-order valence-electron chi connectivity index (χ3n) is 2.91. The largest absolute Gasteiger partial charge is 0.508 e. The third-order valence-corrected chi connectivity index (χ3v) is 3.26. The van der Waals surface area contributed by atoms with E-state index in [9.17, 15) is 10.2 Å². The van der Waals surface area contributed by atoms with Crippen molar-refractivity contribution < 1.29 is 10.2 Å². The van der Waals surface area contributed by atoms with Crippen LogP contribution in [0.3, 0.4) is 0 Å². The number of aliphatic hydroxyl groups excluding tert-OH is 1. The predicted octanol–water partition coefficient (Wildman–Crippen LogP) is 2.25. The van der Waals surface area contributed by atoms with Crippen molar-refractivity contribution in [3.05, 3.63) is 28.8 Å². The average Bonchev–Trinajstić information content (AvgIpc) is 2.23. The van der Waals surface area contributed by atoms with Gasteiger partial charge in [-0.05, 0) is 33.0 Å². The van der Waals surface area contributed by atoms with E-state index in [1.807, 2.05) is 25.8 Å². The Morgan fingerprint density at radius 3 is 2.50 bits per heavy atom. The second-order valence-corrected chi connectivity index (χ2v) is 4.97. The van der Waals surface area contributed by atoms with E-state index in [-0.39, 0.29) is 17.9 Å². The van der Waals surface area contributed by atoms with Crippen LogP contribution in [-0.2, 0) is 6.54 Å². The van der Waals surface area contributed by atoms with Crippen LogP contribution in [0, 0.1) is 0 Å². The van der Waals surface area contributed by atoms with Crippen molar-refractivity contribution in [2.75, 3.05) is 13.7 Å². The molecule has 0 unspecified atom stereocenters. The molecule has 0 saturated carbocycles. The highest BCUT2D eigenvalue weighted by atomic mass is 35.5. The van der Waals surface area contributed by atoms with Gasteiger partial charge in [-0.15, -0.1) is 0 Å². The highest BCUT2D eigenvalue weighted by Crippen LogP contribution is 2.28. The normalized spacial score (nSPS) is 12.1. The van der Waals surface area contributed by atoms with Crippen LogP contribution in [0.2, 0.25) is 5.02 Å². The van der Waals surface area contributed by atoms with Crippen LogP contribution in [-0.4, -0.2) is 34.3 Å². The van der Waals surface area contributed by atoms with Gasteiger partial charge >= 0.3 is 0 Å². The highest BCUT2D eigenvalue weighted by Gasteiger charge is 2.23. The second kappa shape index (κ2) is 5.04. The molecule has 3 nitrogen and oxygen atoms in total. The van der Waals surface area contributed by atoms with E-state index >= 15 is 0 Å². The van der Waals surface area contributed by atoms with E-state index in [1.165, 1.54) is 0 Å². The van der Waals surface area contributed by atoms with Crippen molar-refractivity contribution in [2.24, 2.45) is 0 Å². The molecule has 0 aliphatic heterocycles. The smallest absolute Gasteiger partial charge is 0.121 e. The van der Waals surface area contributed by atoms with Gasteiger partial charge in [-0.3, -0.25) is 4.90 Å². The lowest BCUT2D eigenvalue weighted by Crippen LogP contribution is -2.43. The number of aromatic hydroxyl groups is 1. The quantitative estimate of drug-likeness (QED) is 0.853. The molecule has 0 radical (unpaired) electrons. The Labute approximate surface area is 101 Å². The minimum atomic E-state index is -0.342. The van der Waals surface area contributed by atoms with Crippen LogP contribution in [0.5, 0.6) is 5.75 Å². The molecule has 0 fully saturated rings. The summed E-state index contributed by atoms with van der Waals surface area (Å²) in [4.78, 5) is 1.95. The number of nitrogens with zero attached hydrogens (tertiary/aromatic N) is 1. The highest BCUT2D eigenvalue weighted by molar-refractivity contribution is 6.31. The van der Waals surface area contributed by atoms with Gasteiger partial charge in [0.1, 0.15) is 5.75 Å². The van der Waals surface area contributed by atoms with Gasteiger partial charge in [0.15, 0.2) is 0 Å². The number of halogens is 1. The molecule has 2 N–H and O–H groups in total. The summed E-state index contributed by atoms with van der Waals surface area (Å²) in [6, 6.07) is 5.07. The molecule has 0 amide bonds. The number of benzene rings is 1. The molecule has 0 spiro atoms. The van der Waals surface area contributed by atoms with Gasteiger partial charge in [-0.25, -0.2) is 0 Å². The number of likely N-dealkylation sites (N-methyl/N-ethyl adjacent to an activating group) is 1. The molecular weight excluding hydrogens is 226 g/mol. The zero-order valence-electron chi connectivity index (χ0n) is 9.87. The average molecular weight is 244 g/mol. The van der Waals surface area contributed by atoms with Gasteiger partial charge in [0.05, 0.1) is 6.61 Å². The number of aliphatic hydroxyl groups is 1. The molecule has 0 saturated heterocycles. The molecule has 1 aromatic rings. The molecule has 1 aromatic carbocycles. The van der Waals surface area contributed by atoms with Crippen molar-refractivity contribution in [3.8, 4) is 5.75 Å². The van der Waals surface area contributed by atoms with E-state index in [2.05, 4.69) is 0 Å². The molecule has 90 valence electrons. The van der Waals surface area contributed by atoms with Crippen LogP contribution >= 0.6 is 11.6 Å². The molecule has 1 rings (SSSR count). The first kappa shape index (κ1) is 13.3. The molecule has 16 heavy (non-hydrogen) atoms. The van der Waals surface area contributed by atoms with Gasteiger partial charge in [0, 0.05) is 22.7 Å². The maximum absolute atomic E-state index is 9.71. The fourth-order valence-corrected chi connectivity index (χ4v) is 1.51. The number of phenols is 1. The van der Waals surface area contributed by atoms with Gasteiger partial charge in [-0.2, -0.15) is 0 Å². The molecular formula is C12H18ClNO2. The van der Waals surface area contributed by atoms with E-state index in [4.69, 9.17) is 11.6 Å². The Bertz CT molecular complexity index is 346. The molecule has 0 bridgehead atoms. The summed E-state index contributed by atoms with van der Waals surface area (Å²) in [6.45, 7) is 4.41. The van der Waals surface area contributed by atoms with Gasteiger partial charge in [0.25, 0.3) is 0 Å². The third kappa shape index (κ3) is 2.88. The minimum Gasteiger partial charge on any atom is -0.508 e. The Morgan fingerprint density at radius 1 is 1.38 bits per heavy atom. The number of hydrogen-bond acceptors (Lipinski definition) is 3. The summed E-state index contributed by atoms with van der Waals surface area (Å²) in [5.41, 5.74) is 0.346. The standard InChI is InChI=1S/C12H18ClNO2/c1-12(2,8-15)14(3)7-9-10(13)5-4-6-11(9)16/h4-6,15-16H,7-8H2,1-3H3. The zero-order chi connectivity index (χ0) is 12.3. The van der Waals surface area contributed by atoms with E-state index in [1.54, 1.807) is 18.2 Å². The lowest BCUT2D eigenvalue weighted by atomic mass is 10.0. The van der Waals surface area contributed by atoms with Crippen LogP contribution in [0.15, 0.2) is 18.2 Å². The Kier molecular flexibility index (Phi) is 4.19. The number of phenolic OH excluding ortho intramolecular Hbond substituents is 1. The monoisotopic (exact) mass is 243 g/mol. The molecule has 0 aromatic heterocycles. The zero-order valence-corrected chi connectivity index (χ0v) is 10.6. The summed E-state index contributed by atoms with van der Waals surface area (Å²) in [7, 11) is 1.89. The van der Waals surface area contributed by atoms with E-state index < -0.39 is 0 Å². The number of rotatable bonds is 4. The van der Waals surface area contributed by atoms with E-state index in [0.717, 1.165) is 0 Å². The Hall–Kier alpha value is -0.770. The van der Waals surface area contributed by atoms with Crippen molar-refractivity contribution in [3.63, 3.8) is 0 Å². The number of hydrogen-bond donors (Lipinski definition) is 2. The first-order valence-corrected chi connectivity index (χ1v) is 5.54. The second-order valence-electron chi connectivity index (χ2n) is 4.56. The van der Waals surface area contributed by atoms with Crippen LogP contribution in [0.25, 0.3) is 0 Å². The Morgan fingerprint density at radius 2 is 2.00 bits per heavy atom. The minimum absolute atomic E-state index is 0.0503. The van der Waals surface area contributed by atoms with Crippen molar-refractivity contribution >= 4 is 11.6 Å². The molecule has 0 atom stereocenters. The summed E-state index contributed by atoms with van der Waals surface area (Å²) in [6.07, 6.45) is 0. The first-order valence-electron chi connectivity index (χ1n) is 5.17. The predicted molar refractivity (Wildman–Crippen MR) is 65.7 cm³/mol. The molecule has 0 aliphatic carbocycles. The fraction of sp³-hybridized carbons (Fsp3) is 0.500. The SMILES string of the molecule is CN(Cc1c(O)cccc1Cl)C(C)(C)CO. The van der Waals surface area contributed by atoms with Gasteiger partial charge in [0.2, 0.25) is 0 Å². The first-order chi connectivity index (χ1) is 7.38. The molecule has 4 heteroatoms. The van der Waals surface area contributed by atoms with Gasteiger partial charge in [-0.1, -0.05) is 17.7 Å². The van der Waals surface area contributed by atoms with E-state index in [0.29, 0.717) is 17.1 Å². The Balaban J connectivity index is 2.89. The van der Waals surface area contributed by atoms with Crippen LogP contribution in [0.4, 0.5) is 0 Å². The van der Waals surface area contributed by atoms with Crippen molar-refractivity contribution in [2.45, 2.75) is 25.9 Å². The van der Waals surface area contributed by atoms with Crippen molar-refractivity contribution in [1.82, 2.24) is 4.90 Å². The maximum Gasteiger partial charge on any atom is 0.121 e. The van der Waals surface area contributed by atoms with Gasteiger partial charge < -0.3 is 10.2 Å². The lowest BCUT2D eigenvalue weighted by Gasteiger charge is -2.34. The summed E-state index contributed by atoms with van der Waals surface area (Å²) in [5, 5.41) is 19.5. The fourth-order valence-electron chi connectivity index (χ4n) is 1.28. The topological polar surface area (TPSA) is 43.7 Å². The summed E-state index contributed by atoms with van der Waals surface area (Å²) in [5.74, 6) is 0.188. The maximum atomic E-state index is 9.71. The summed E-state index contributed by atoms with van der Waals surface area (Å²) >= 11 is 6.02. The van der Waals surface area contributed by atoms with Crippen LogP contribution < -0.4 is 0 Å². The molecule has 0 heterocycles. The lowest BCUT2D eigenvalue weighted by molar-refractivity contribution is 0.0728. The molecule has 0 aliphatic rings.